The summed E-state index contributed by atoms with van der Waals surface area (Å²) >= 11 is 0. The number of rotatable bonds is 7. The number of anilines is 1. The van der Waals surface area contributed by atoms with Gasteiger partial charge in [-0.1, -0.05) is 26.0 Å². The van der Waals surface area contributed by atoms with Crippen molar-refractivity contribution in [3.05, 3.63) is 29.8 Å². The number of hydrogen-bond donors (Lipinski definition) is 4. The van der Waals surface area contributed by atoms with Gasteiger partial charge in [0.1, 0.15) is 11.2 Å². The Hall–Kier alpha value is -2.45. The molecule has 0 unspecified atom stereocenters. The van der Waals surface area contributed by atoms with E-state index in [2.05, 4.69) is 4.90 Å². The maximum atomic E-state index is 13.9. The zero-order valence-corrected chi connectivity index (χ0v) is 27.4. The fraction of sp³-hybridized carbons (Fsp3) is 0.743. The van der Waals surface area contributed by atoms with E-state index in [1.807, 2.05) is 6.92 Å². The van der Waals surface area contributed by atoms with Gasteiger partial charge in [0.2, 0.25) is 11.8 Å². The third kappa shape index (κ3) is 3.55. The van der Waals surface area contributed by atoms with Crippen molar-refractivity contribution in [3.8, 4) is 0 Å². The first-order valence-electron chi connectivity index (χ1n) is 17.1. The number of likely N-dealkylation sites (tertiary alicyclic amines) is 1. The lowest BCUT2D eigenvalue weighted by Crippen LogP contribution is -2.82. The molecule has 2 amide bonds. The minimum Gasteiger partial charge on any atom is -0.461 e. The second-order valence-corrected chi connectivity index (χ2v) is 15.5. The molecule has 4 N–H and O–H groups in total. The standard InChI is InChI=1S/C35H46N2O10/c1-5-36-15-32(16-47-30(42)18-8-6-7-9-21(18)37-24(39)12-17(2)29(37)41)11-10-23(38)34-20-13-19-22(45-3)14-33(43,25(20)26(19)40)35(44,31(34)36)28(46-4)27(32)34/h6-9,17,19-20,22-23,25-28,31,38,40,43-44H,5,10-16H2,1-4H3/t17-,19+,20+,22-,23-,25+,26-,27+,28-,31-,32-,33+,34-,35+/m0/s1. The zero-order valence-electron chi connectivity index (χ0n) is 27.4. The minimum absolute atomic E-state index is 0.0563. The summed E-state index contributed by atoms with van der Waals surface area (Å²) in [5.41, 5.74) is -5.02. The van der Waals surface area contributed by atoms with Crippen LogP contribution in [-0.4, -0.2) is 119 Å². The van der Waals surface area contributed by atoms with Crippen LogP contribution in [0.2, 0.25) is 0 Å². The van der Waals surface area contributed by atoms with Crippen LogP contribution in [0.25, 0.3) is 0 Å². The SMILES string of the molecule is CCN1C[C@]2(COC(=O)c3ccccc3N3C(=O)C[C@H](C)C3=O)CC[C@H](O)[C@@]34[C@@H]5C[C@H]6[C@H](O)[C@@H]5[C@](O)(C[C@@H]6OC)[C@@](O)([C@@H](OC)[C@H]23)[C@@H]14. The lowest BCUT2D eigenvalue weighted by atomic mass is 9.42. The third-order valence-corrected chi connectivity index (χ3v) is 14.0. The Morgan fingerprint density at radius 2 is 1.85 bits per heavy atom. The average molecular weight is 655 g/mol. The summed E-state index contributed by atoms with van der Waals surface area (Å²) in [6, 6.07) is 5.80. The Morgan fingerprint density at radius 1 is 1.11 bits per heavy atom. The van der Waals surface area contributed by atoms with Crippen LogP contribution in [0.15, 0.2) is 24.3 Å². The highest BCUT2D eigenvalue weighted by Gasteiger charge is 2.91. The smallest absolute Gasteiger partial charge is 0.340 e. The third-order valence-electron chi connectivity index (χ3n) is 14.0. The number of ether oxygens (including phenoxy) is 3. The van der Waals surface area contributed by atoms with Gasteiger partial charge in [-0.3, -0.25) is 14.5 Å². The molecule has 47 heavy (non-hydrogen) atoms. The molecule has 256 valence electrons. The van der Waals surface area contributed by atoms with E-state index in [1.165, 1.54) is 7.11 Å². The zero-order chi connectivity index (χ0) is 33.4. The molecule has 7 fully saturated rings. The molecule has 0 aromatic heterocycles. The number of benzene rings is 1. The van der Waals surface area contributed by atoms with E-state index in [0.29, 0.717) is 32.4 Å². The van der Waals surface area contributed by atoms with E-state index in [0.717, 1.165) is 4.90 Å². The normalized spacial score (nSPS) is 49.5. The molecular formula is C35H46N2O10. The van der Waals surface area contributed by atoms with Gasteiger partial charge in [-0.2, -0.15) is 0 Å². The van der Waals surface area contributed by atoms with E-state index < -0.39 is 76.2 Å². The largest absolute Gasteiger partial charge is 0.461 e. The van der Waals surface area contributed by atoms with Gasteiger partial charge in [0.25, 0.3) is 0 Å². The number of esters is 1. The average Bonchev–Trinajstić information content (AvgIpc) is 3.55. The molecule has 12 nitrogen and oxygen atoms in total. The van der Waals surface area contributed by atoms with Crippen molar-refractivity contribution in [1.82, 2.24) is 4.90 Å². The number of fused-ring (bicyclic) bond motifs is 2. The summed E-state index contributed by atoms with van der Waals surface area (Å²) in [4.78, 5) is 42.8. The molecule has 1 aromatic rings. The van der Waals surface area contributed by atoms with E-state index >= 15 is 0 Å². The molecule has 1 spiro atoms. The monoisotopic (exact) mass is 654 g/mol. The van der Waals surface area contributed by atoms with Crippen LogP contribution < -0.4 is 4.90 Å². The number of carbonyl (C=O) groups is 3. The van der Waals surface area contributed by atoms with Crippen LogP contribution in [0, 0.1) is 40.4 Å². The lowest BCUT2D eigenvalue weighted by molar-refractivity contribution is -0.317. The molecule has 8 rings (SSSR count). The molecule has 2 aliphatic heterocycles. The molecule has 7 bridgehead atoms. The highest BCUT2D eigenvalue weighted by molar-refractivity contribution is 6.22. The van der Waals surface area contributed by atoms with Gasteiger partial charge in [0, 0.05) is 68.1 Å². The number of aliphatic hydroxyl groups excluding tert-OH is 2. The predicted octanol–water partition coefficient (Wildman–Crippen LogP) is 0.727. The molecule has 1 aromatic carbocycles. The summed E-state index contributed by atoms with van der Waals surface area (Å²) in [6.45, 7) is 4.57. The minimum atomic E-state index is -1.85. The van der Waals surface area contributed by atoms with Crippen molar-refractivity contribution >= 4 is 23.5 Å². The molecule has 2 heterocycles. The Labute approximate surface area is 273 Å². The van der Waals surface area contributed by atoms with Crippen LogP contribution in [0.4, 0.5) is 5.69 Å². The second-order valence-electron chi connectivity index (χ2n) is 15.5. The number of amides is 2. The highest BCUT2D eigenvalue weighted by atomic mass is 16.5. The van der Waals surface area contributed by atoms with Crippen molar-refractivity contribution in [2.75, 3.05) is 38.8 Å². The summed E-state index contributed by atoms with van der Waals surface area (Å²) in [5.74, 6) is -3.66. The fourth-order valence-electron chi connectivity index (χ4n) is 12.6. The van der Waals surface area contributed by atoms with Gasteiger partial charge in [0.05, 0.1) is 48.3 Å². The molecule has 7 aliphatic rings. The first kappa shape index (κ1) is 31.8. The second kappa shape index (κ2) is 10.3. The number of aliphatic hydroxyl groups is 4. The van der Waals surface area contributed by atoms with Crippen molar-refractivity contribution in [1.29, 1.82) is 0 Å². The quantitative estimate of drug-likeness (QED) is 0.242. The number of likely N-dealkylation sites (N-methyl/N-ethyl adjacent to an activating group) is 1. The fourth-order valence-corrected chi connectivity index (χ4v) is 12.6. The Morgan fingerprint density at radius 3 is 2.51 bits per heavy atom. The van der Waals surface area contributed by atoms with Crippen LogP contribution in [0.5, 0.6) is 0 Å². The van der Waals surface area contributed by atoms with Crippen molar-refractivity contribution in [2.45, 2.75) is 87.6 Å². The van der Waals surface area contributed by atoms with E-state index in [4.69, 9.17) is 14.2 Å². The maximum absolute atomic E-state index is 13.9. The van der Waals surface area contributed by atoms with Crippen LogP contribution >= 0.6 is 0 Å². The Kier molecular flexibility index (Phi) is 6.96. The van der Waals surface area contributed by atoms with Crippen LogP contribution in [-0.2, 0) is 23.8 Å². The van der Waals surface area contributed by atoms with E-state index in [-0.39, 0.29) is 54.3 Å². The highest BCUT2D eigenvalue weighted by Crippen LogP contribution is 2.80. The van der Waals surface area contributed by atoms with Crippen molar-refractivity contribution in [2.24, 2.45) is 40.4 Å². The summed E-state index contributed by atoms with van der Waals surface area (Å²) in [5, 5.41) is 49.9. The molecular weight excluding hydrogens is 608 g/mol. The number of imide groups is 1. The number of methoxy groups -OCH3 is 2. The number of piperidine rings is 1. The topological polar surface area (TPSA) is 166 Å². The van der Waals surface area contributed by atoms with Crippen LogP contribution in [0.1, 0.15) is 56.3 Å². The number of hydrogen-bond acceptors (Lipinski definition) is 11. The van der Waals surface area contributed by atoms with Crippen molar-refractivity contribution < 1.29 is 49.0 Å². The maximum Gasteiger partial charge on any atom is 0.340 e. The summed E-state index contributed by atoms with van der Waals surface area (Å²) < 4.78 is 18.2. The number of para-hydroxylation sites is 1. The molecule has 2 saturated heterocycles. The summed E-state index contributed by atoms with van der Waals surface area (Å²) in [6.07, 6.45) is -1.54. The van der Waals surface area contributed by atoms with E-state index in [1.54, 1.807) is 38.3 Å². The first-order valence-corrected chi connectivity index (χ1v) is 17.1. The lowest BCUT2D eigenvalue weighted by Gasteiger charge is -2.69. The number of nitrogens with zero attached hydrogens (tertiary/aromatic N) is 2. The van der Waals surface area contributed by atoms with Gasteiger partial charge in [-0.15, -0.1) is 0 Å². The van der Waals surface area contributed by atoms with Gasteiger partial charge >= 0.3 is 5.97 Å². The van der Waals surface area contributed by atoms with Gasteiger partial charge in [0.15, 0.2) is 0 Å². The molecule has 5 aliphatic carbocycles. The van der Waals surface area contributed by atoms with Gasteiger partial charge in [-0.25, -0.2) is 9.69 Å². The van der Waals surface area contributed by atoms with Gasteiger partial charge < -0.3 is 34.6 Å². The Bertz CT molecular complexity index is 1520. The van der Waals surface area contributed by atoms with E-state index in [9.17, 15) is 34.8 Å². The van der Waals surface area contributed by atoms with Gasteiger partial charge in [-0.05, 0) is 43.9 Å². The summed E-state index contributed by atoms with van der Waals surface area (Å²) in [7, 11) is 3.08. The Balaban J connectivity index is 1.21. The number of carbonyl (C=O) groups excluding carboxylic acids is 3. The molecule has 14 atom stereocenters. The van der Waals surface area contributed by atoms with Crippen LogP contribution in [0.3, 0.4) is 0 Å². The molecule has 5 saturated carbocycles. The molecule has 12 heteroatoms. The first-order chi connectivity index (χ1) is 22.4. The predicted molar refractivity (Wildman–Crippen MR) is 165 cm³/mol. The van der Waals surface area contributed by atoms with Crippen molar-refractivity contribution in [3.63, 3.8) is 0 Å². The molecule has 0 radical (unpaired) electrons.